The van der Waals surface area contributed by atoms with Crippen molar-refractivity contribution >= 4 is 38.9 Å². The lowest BCUT2D eigenvalue weighted by Gasteiger charge is -2.23. The molecule has 0 unspecified atom stereocenters. The summed E-state index contributed by atoms with van der Waals surface area (Å²) in [6.07, 6.45) is 2.83. The molecule has 2 amide bonds. The van der Waals surface area contributed by atoms with E-state index in [4.69, 9.17) is 4.74 Å². The van der Waals surface area contributed by atoms with Gasteiger partial charge in [-0.3, -0.25) is 14.3 Å². The lowest BCUT2D eigenvalue weighted by atomic mass is 10.1. The summed E-state index contributed by atoms with van der Waals surface area (Å²) in [7, 11) is -2.43. The Balaban J connectivity index is 1.31. The van der Waals surface area contributed by atoms with E-state index in [-0.39, 0.29) is 23.1 Å². The van der Waals surface area contributed by atoms with Gasteiger partial charge in [0.1, 0.15) is 10.6 Å². The second-order valence-electron chi connectivity index (χ2n) is 10.2. The van der Waals surface area contributed by atoms with E-state index in [1.165, 1.54) is 6.07 Å². The molecule has 2 fully saturated rings. The van der Waals surface area contributed by atoms with Gasteiger partial charge in [0, 0.05) is 44.0 Å². The molecule has 2 heterocycles. The van der Waals surface area contributed by atoms with Crippen molar-refractivity contribution in [2.24, 2.45) is 5.92 Å². The van der Waals surface area contributed by atoms with E-state index in [1.807, 2.05) is 30.3 Å². The Morgan fingerprint density at radius 2 is 1.68 bits per heavy atom. The summed E-state index contributed by atoms with van der Waals surface area (Å²) in [6.45, 7) is 2.42. The molecule has 0 spiro atoms. The van der Waals surface area contributed by atoms with E-state index in [1.54, 1.807) is 48.4 Å². The van der Waals surface area contributed by atoms with E-state index in [0.717, 1.165) is 37.9 Å². The predicted molar refractivity (Wildman–Crippen MR) is 155 cm³/mol. The van der Waals surface area contributed by atoms with Crippen molar-refractivity contribution in [3.8, 4) is 5.75 Å². The monoisotopic (exact) mass is 562 g/mol. The topological polar surface area (TPSA) is 108 Å². The van der Waals surface area contributed by atoms with Crippen LogP contribution < -0.4 is 19.7 Å². The van der Waals surface area contributed by atoms with Gasteiger partial charge in [0.2, 0.25) is 11.8 Å². The van der Waals surface area contributed by atoms with Gasteiger partial charge in [0.15, 0.2) is 0 Å². The molecule has 2 N–H and O–H groups in total. The van der Waals surface area contributed by atoms with Gasteiger partial charge in [0.05, 0.1) is 18.7 Å². The molecule has 3 aromatic rings. The highest BCUT2D eigenvalue weighted by Gasteiger charge is 2.34. The number of benzene rings is 3. The van der Waals surface area contributed by atoms with Crippen LogP contribution in [-0.2, 0) is 26.0 Å². The summed E-state index contributed by atoms with van der Waals surface area (Å²) in [5.41, 5.74) is 2.51. The number of carbonyl (C=O) groups excluding carboxylic acids is 2. The first kappa shape index (κ1) is 27.5. The lowest BCUT2D eigenvalue weighted by Crippen LogP contribution is -2.30. The summed E-state index contributed by atoms with van der Waals surface area (Å²) in [5.74, 6) is -0.225. The van der Waals surface area contributed by atoms with E-state index >= 15 is 0 Å². The molecule has 0 aromatic heterocycles. The highest BCUT2D eigenvalue weighted by Crippen LogP contribution is 2.33. The van der Waals surface area contributed by atoms with Crippen LogP contribution in [0.2, 0.25) is 0 Å². The summed E-state index contributed by atoms with van der Waals surface area (Å²) < 4.78 is 35.0. The van der Waals surface area contributed by atoms with Crippen molar-refractivity contribution in [2.75, 3.05) is 48.2 Å². The van der Waals surface area contributed by atoms with Gasteiger partial charge in [-0.2, -0.15) is 0 Å². The van der Waals surface area contributed by atoms with Crippen LogP contribution in [0.1, 0.15) is 24.8 Å². The Hall–Kier alpha value is -4.05. The van der Waals surface area contributed by atoms with Crippen LogP contribution in [0.3, 0.4) is 0 Å². The molecule has 2 saturated heterocycles. The molecule has 5 rings (SSSR count). The van der Waals surface area contributed by atoms with Gasteiger partial charge in [-0.25, -0.2) is 8.42 Å². The molecule has 2 aliphatic heterocycles. The highest BCUT2D eigenvalue weighted by atomic mass is 32.2. The molecule has 0 aliphatic carbocycles. The average Bonchev–Trinajstić information content (AvgIpc) is 3.63. The molecule has 210 valence electrons. The number of sulfonamides is 1. The maximum atomic E-state index is 13.6. The van der Waals surface area contributed by atoms with Gasteiger partial charge >= 0.3 is 0 Å². The fourth-order valence-corrected chi connectivity index (χ4v) is 6.52. The molecule has 0 radical (unpaired) electrons. The fourth-order valence-electron chi connectivity index (χ4n) is 5.21. The summed E-state index contributed by atoms with van der Waals surface area (Å²) in [4.78, 5) is 29.6. The van der Waals surface area contributed by atoms with Crippen LogP contribution in [0, 0.1) is 5.92 Å². The Kier molecular flexibility index (Phi) is 8.25. The quantitative estimate of drug-likeness (QED) is 0.385. The molecule has 2 aliphatic rings. The Morgan fingerprint density at radius 1 is 0.975 bits per heavy atom. The van der Waals surface area contributed by atoms with Crippen LogP contribution in [0.25, 0.3) is 0 Å². The number of amides is 2. The zero-order valence-corrected chi connectivity index (χ0v) is 23.3. The third-order valence-corrected chi connectivity index (χ3v) is 8.81. The first-order valence-electron chi connectivity index (χ1n) is 13.5. The van der Waals surface area contributed by atoms with Crippen molar-refractivity contribution in [1.29, 1.82) is 0 Å². The summed E-state index contributed by atoms with van der Waals surface area (Å²) in [5, 5.41) is 2.86. The second-order valence-corrected chi connectivity index (χ2v) is 11.8. The van der Waals surface area contributed by atoms with Gasteiger partial charge in [-0.05, 0) is 67.3 Å². The van der Waals surface area contributed by atoms with Gasteiger partial charge in [-0.15, -0.1) is 0 Å². The average molecular weight is 563 g/mol. The molecular weight excluding hydrogens is 528 g/mol. The van der Waals surface area contributed by atoms with Crippen molar-refractivity contribution in [2.45, 2.75) is 30.6 Å². The molecule has 9 nitrogen and oxygen atoms in total. The number of ether oxygens (including phenoxy) is 1. The number of hydrogen-bond donors (Lipinski definition) is 2. The van der Waals surface area contributed by atoms with Crippen molar-refractivity contribution in [3.63, 3.8) is 0 Å². The van der Waals surface area contributed by atoms with Crippen molar-refractivity contribution < 1.29 is 22.7 Å². The van der Waals surface area contributed by atoms with Crippen LogP contribution in [0.4, 0.5) is 17.1 Å². The van der Waals surface area contributed by atoms with Crippen LogP contribution in [0.15, 0.2) is 77.7 Å². The number of nitrogens with zero attached hydrogens (tertiary/aromatic N) is 2. The van der Waals surface area contributed by atoms with Crippen LogP contribution in [-0.4, -0.2) is 58.4 Å². The number of methoxy groups -OCH3 is 1. The van der Waals surface area contributed by atoms with E-state index in [9.17, 15) is 18.0 Å². The zero-order valence-electron chi connectivity index (χ0n) is 22.5. The lowest BCUT2D eigenvalue weighted by molar-refractivity contribution is -0.128. The van der Waals surface area contributed by atoms with Crippen LogP contribution in [0.5, 0.6) is 5.75 Å². The first-order chi connectivity index (χ1) is 19.3. The van der Waals surface area contributed by atoms with Crippen LogP contribution >= 0.6 is 0 Å². The number of rotatable bonds is 10. The van der Waals surface area contributed by atoms with E-state index in [0.29, 0.717) is 35.9 Å². The minimum absolute atomic E-state index is 0.0487. The smallest absolute Gasteiger partial charge is 0.264 e. The largest absolute Gasteiger partial charge is 0.497 e. The van der Waals surface area contributed by atoms with Crippen molar-refractivity contribution in [3.05, 3.63) is 78.4 Å². The Morgan fingerprint density at radius 3 is 2.38 bits per heavy atom. The predicted octanol–water partition coefficient (Wildman–Crippen LogP) is 4.13. The Labute approximate surface area is 235 Å². The number of hydrogen-bond acceptors (Lipinski definition) is 6. The normalized spacial score (nSPS) is 17.2. The molecular formula is C30H34N4O5S. The molecule has 0 saturated carbocycles. The van der Waals surface area contributed by atoms with E-state index in [2.05, 4.69) is 14.9 Å². The third kappa shape index (κ3) is 6.39. The first-order valence-corrected chi connectivity index (χ1v) is 15.0. The SMILES string of the molecule is COc1ccc(NS(=O)(=O)c2cc(NC(=O)[C@@H]3CC(=O)N(CCc4ccccc4)C3)ccc2N2CCCC2)cc1. The molecule has 3 aromatic carbocycles. The zero-order chi connectivity index (χ0) is 28.1. The minimum Gasteiger partial charge on any atom is -0.497 e. The maximum Gasteiger partial charge on any atom is 0.264 e. The van der Waals surface area contributed by atoms with Gasteiger partial charge < -0.3 is 19.9 Å². The number of anilines is 3. The van der Waals surface area contributed by atoms with E-state index < -0.39 is 15.9 Å². The maximum absolute atomic E-state index is 13.6. The molecule has 0 bridgehead atoms. The van der Waals surface area contributed by atoms with Crippen molar-refractivity contribution in [1.82, 2.24) is 4.90 Å². The number of likely N-dealkylation sites (tertiary alicyclic amines) is 1. The third-order valence-electron chi connectivity index (χ3n) is 7.40. The fraction of sp³-hybridized carbons (Fsp3) is 0.333. The Bertz CT molecular complexity index is 1460. The second kappa shape index (κ2) is 12.0. The minimum atomic E-state index is -3.98. The summed E-state index contributed by atoms with van der Waals surface area (Å²) >= 11 is 0. The van der Waals surface area contributed by atoms with Gasteiger partial charge in [0.25, 0.3) is 10.0 Å². The number of nitrogens with one attached hydrogen (secondary N) is 2. The standard InChI is InChI=1S/C30H34N4O5S/c1-39-26-12-9-24(10-13-26)32-40(37,38)28-20-25(11-14-27(28)33-16-5-6-17-33)31-30(36)23-19-29(35)34(21-23)18-15-22-7-3-2-4-8-22/h2-4,7-14,20,23,32H,5-6,15-19,21H2,1H3,(H,31,36)/t23-/m1/s1. The summed E-state index contributed by atoms with van der Waals surface area (Å²) in [6, 6.07) is 21.5. The number of carbonyl (C=O) groups is 2. The highest BCUT2D eigenvalue weighted by molar-refractivity contribution is 7.92. The molecule has 10 heteroatoms. The van der Waals surface area contributed by atoms with Gasteiger partial charge in [-0.1, -0.05) is 30.3 Å². The molecule has 40 heavy (non-hydrogen) atoms. The molecule has 1 atom stereocenters.